The summed E-state index contributed by atoms with van der Waals surface area (Å²) in [5, 5.41) is 13.5. The van der Waals surface area contributed by atoms with E-state index < -0.39 is 12.0 Å². The minimum Gasteiger partial charge on any atom is -0.481 e. The van der Waals surface area contributed by atoms with Crippen LogP contribution < -0.4 is 5.32 Å². The Kier molecular flexibility index (Phi) is 3.75. The predicted octanol–water partition coefficient (Wildman–Crippen LogP) is 0.523. The first-order chi connectivity index (χ1) is 8.16. The van der Waals surface area contributed by atoms with E-state index in [2.05, 4.69) is 5.32 Å². The molecule has 0 aromatic carbocycles. The Hall–Kier alpha value is -1.40. The van der Waals surface area contributed by atoms with Crippen LogP contribution in [0.15, 0.2) is 17.5 Å². The fourth-order valence-electron chi connectivity index (χ4n) is 1.94. The molecular weight excluding hydrogens is 240 g/mol. The summed E-state index contributed by atoms with van der Waals surface area (Å²) in [6.07, 6.45) is -0.142. The predicted molar refractivity (Wildman–Crippen MR) is 63.8 cm³/mol. The Labute approximate surface area is 103 Å². The summed E-state index contributed by atoms with van der Waals surface area (Å²) in [6.45, 7) is 1.92. The molecule has 5 nitrogen and oxygen atoms in total. The second-order valence-electron chi connectivity index (χ2n) is 3.95. The van der Waals surface area contributed by atoms with Gasteiger partial charge >= 0.3 is 5.97 Å². The lowest BCUT2D eigenvalue weighted by atomic mass is 10.1. The van der Waals surface area contributed by atoms with Gasteiger partial charge in [-0.2, -0.15) is 0 Å². The van der Waals surface area contributed by atoms with E-state index in [-0.39, 0.29) is 12.3 Å². The number of carbonyl (C=O) groups is 2. The molecule has 0 unspecified atom stereocenters. The van der Waals surface area contributed by atoms with Gasteiger partial charge in [0.15, 0.2) is 0 Å². The molecule has 2 heterocycles. The minimum atomic E-state index is -0.941. The van der Waals surface area contributed by atoms with Crippen LogP contribution in [0.3, 0.4) is 0 Å². The molecule has 17 heavy (non-hydrogen) atoms. The molecule has 1 atom stereocenters. The molecule has 1 amide bonds. The summed E-state index contributed by atoms with van der Waals surface area (Å²) in [5.74, 6) is -1.13. The summed E-state index contributed by atoms with van der Waals surface area (Å²) < 4.78 is 0. The highest BCUT2D eigenvalue weighted by molar-refractivity contribution is 7.09. The van der Waals surface area contributed by atoms with Crippen molar-refractivity contribution in [3.05, 3.63) is 22.4 Å². The van der Waals surface area contributed by atoms with Crippen LogP contribution in [0.4, 0.5) is 0 Å². The average Bonchev–Trinajstić information content (AvgIpc) is 2.75. The first kappa shape index (κ1) is 12.1. The number of carboxylic acids is 1. The molecule has 0 saturated carbocycles. The van der Waals surface area contributed by atoms with Crippen LogP contribution in [0.5, 0.6) is 0 Å². The lowest BCUT2D eigenvalue weighted by Gasteiger charge is -2.33. The van der Waals surface area contributed by atoms with Gasteiger partial charge in [0, 0.05) is 24.5 Å². The Balaban J connectivity index is 2.06. The molecular formula is C11H14N2O3S. The summed E-state index contributed by atoms with van der Waals surface area (Å²) in [6, 6.07) is 3.40. The number of hydrogen-bond donors (Lipinski definition) is 2. The van der Waals surface area contributed by atoms with Gasteiger partial charge in [-0.1, -0.05) is 6.07 Å². The van der Waals surface area contributed by atoms with Gasteiger partial charge in [-0.3, -0.25) is 14.5 Å². The van der Waals surface area contributed by atoms with Crippen molar-refractivity contribution in [3.8, 4) is 0 Å². The third kappa shape index (κ3) is 3.04. The SMILES string of the molecule is O=C(O)C[C@@H]1C(=O)NCCN1Cc1cccs1. The number of carboxylic acid groups (broad SMARTS) is 1. The van der Waals surface area contributed by atoms with E-state index >= 15 is 0 Å². The summed E-state index contributed by atoms with van der Waals surface area (Å²) >= 11 is 1.62. The van der Waals surface area contributed by atoms with Gasteiger partial charge in [-0.25, -0.2) is 0 Å². The smallest absolute Gasteiger partial charge is 0.305 e. The molecule has 1 aliphatic rings. The normalized spacial score (nSPS) is 21.2. The lowest BCUT2D eigenvalue weighted by molar-refractivity contribution is -0.143. The third-order valence-corrected chi connectivity index (χ3v) is 3.61. The van der Waals surface area contributed by atoms with E-state index in [1.165, 1.54) is 0 Å². The number of hydrogen-bond acceptors (Lipinski definition) is 4. The van der Waals surface area contributed by atoms with Gasteiger partial charge in [-0.15, -0.1) is 11.3 Å². The maximum absolute atomic E-state index is 11.7. The zero-order valence-corrected chi connectivity index (χ0v) is 10.1. The average molecular weight is 254 g/mol. The van der Waals surface area contributed by atoms with Crippen LogP contribution in [0, 0.1) is 0 Å². The highest BCUT2D eigenvalue weighted by Gasteiger charge is 2.31. The van der Waals surface area contributed by atoms with E-state index in [1.807, 2.05) is 22.4 Å². The van der Waals surface area contributed by atoms with Gasteiger partial charge in [0.05, 0.1) is 6.42 Å². The highest BCUT2D eigenvalue weighted by Crippen LogP contribution is 2.17. The van der Waals surface area contributed by atoms with Gasteiger partial charge in [0.2, 0.25) is 5.91 Å². The molecule has 0 radical (unpaired) electrons. The fraction of sp³-hybridized carbons (Fsp3) is 0.455. The Morgan fingerprint density at radius 1 is 1.65 bits per heavy atom. The van der Waals surface area contributed by atoms with Crippen LogP contribution in [0.25, 0.3) is 0 Å². The first-order valence-corrected chi connectivity index (χ1v) is 6.30. The Bertz CT molecular complexity index is 405. The zero-order chi connectivity index (χ0) is 12.3. The van der Waals surface area contributed by atoms with Gasteiger partial charge in [0.1, 0.15) is 6.04 Å². The van der Waals surface area contributed by atoms with Crippen molar-refractivity contribution in [2.24, 2.45) is 0 Å². The van der Waals surface area contributed by atoms with Crippen molar-refractivity contribution >= 4 is 23.2 Å². The Morgan fingerprint density at radius 3 is 3.12 bits per heavy atom. The molecule has 0 bridgehead atoms. The van der Waals surface area contributed by atoms with Gasteiger partial charge < -0.3 is 10.4 Å². The molecule has 1 aromatic heterocycles. The Morgan fingerprint density at radius 2 is 2.47 bits per heavy atom. The van der Waals surface area contributed by atoms with E-state index in [0.717, 1.165) is 4.88 Å². The summed E-state index contributed by atoms with van der Waals surface area (Å²) in [7, 11) is 0. The largest absolute Gasteiger partial charge is 0.481 e. The maximum Gasteiger partial charge on any atom is 0.305 e. The van der Waals surface area contributed by atoms with Crippen LogP contribution in [-0.2, 0) is 16.1 Å². The highest BCUT2D eigenvalue weighted by atomic mass is 32.1. The molecule has 1 fully saturated rings. The van der Waals surface area contributed by atoms with Gasteiger partial charge in [-0.05, 0) is 11.4 Å². The van der Waals surface area contributed by atoms with Gasteiger partial charge in [0.25, 0.3) is 0 Å². The van der Waals surface area contributed by atoms with Crippen LogP contribution in [-0.4, -0.2) is 41.0 Å². The van der Waals surface area contributed by atoms with Crippen LogP contribution >= 0.6 is 11.3 Å². The standard InChI is InChI=1S/C11H14N2O3S/c14-10(15)6-9-11(16)12-3-4-13(9)7-8-2-1-5-17-8/h1-2,5,9H,3-4,6-7H2,(H,12,16)(H,14,15)/t9-/m1/s1. The lowest BCUT2D eigenvalue weighted by Crippen LogP contribution is -2.55. The fourth-order valence-corrected chi connectivity index (χ4v) is 2.67. The van der Waals surface area contributed by atoms with Crippen molar-refractivity contribution in [1.82, 2.24) is 10.2 Å². The minimum absolute atomic E-state index is 0.142. The molecule has 6 heteroatoms. The second-order valence-corrected chi connectivity index (χ2v) is 4.99. The zero-order valence-electron chi connectivity index (χ0n) is 9.26. The van der Waals surface area contributed by atoms with E-state index in [4.69, 9.17) is 5.11 Å². The third-order valence-electron chi connectivity index (χ3n) is 2.75. The summed E-state index contributed by atoms with van der Waals surface area (Å²) in [5.41, 5.74) is 0. The number of nitrogens with one attached hydrogen (secondary N) is 1. The van der Waals surface area contributed by atoms with E-state index in [0.29, 0.717) is 19.6 Å². The van der Waals surface area contributed by atoms with Crippen molar-refractivity contribution in [2.75, 3.05) is 13.1 Å². The number of thiophene rings is 1. The maximum atomic E-state index is 11.7. The first-order valence-electron chi connectivity index (χ1n) is 5.43. The number of rotatable bonds is 4. The van der Waals surface area contributed by atoms with E-state index in [1.54, 1.807) is 11.3 Å². The molecule has 0 aliphatic carbocycles. The molecule has 2 rings (SSSR count). The van der Waals surface area contributed by atoms with Crippen molar-refractivity contribution in [1.29, 1.82) is 0 Å². The topological polar surface area (TPSA) is 69.6 Å². The number of amides is 1. The van der Waals surface area contributed by atoms with Crippen molar-refractivity contribution < 1.29 is 14.7 Å². The van der Waals surface area contributed by atoms with Crippen LogP contribution in [0.1, 0.15) is 11.3 Å². The van der Waals surface area contributed by atoms with Crippen molar-refractivity contribution in [2.45, 2.75) is 19.0 Å². The second kappa shape index (κ2) is 5.29. The molecule has 1 saturated heterocycles. The molecule has 92 valence electrons. The molecule has 0 spiro atoms. The molecule has 2 N–H and O–H groups in total. The number of aliphatic carboxylic acids is 1. The number of piperazine rings is 1. The van der Waals surface area contributed by atoms with Crippen molar-refractivity contribution in [3.63, 3.8) is 0 Å². The summed E-state index contributed by atoms with van der Waals surface area (Å²) in [4.78, 5) is 25.5. The van der Waals surface area contributed by atoms with E-state index in [9.17, 15) is 9.59 Å². The number of nitrogens with zero attached hydrogens (tertiary/aromatic N) is 1. The molecule has 1 aromatic rings. The number of carbonyl (C=O) groups excluding carboxylic acids is 1. The van der Waals surface area contributed by atoms with Crippen LogP contribution in [0.2, 0.25) is 0 Å². The quantitative estimate of drug-likeness (QED) is 0.822. The molecule has 1 aliphatic heterocycles. The monoisotopic (exact) mass is 254 g/mol.